The second-order valence-corrected chi connectivity index (χ2v) is 7.42. The minimum atomic E-state index is -5.16. The number of anilines is 3. The molecule has 15 heteroatoms. The molecule has 0 aliphatic rings. The van der Waals surface area contributed by atoms with Crippen molar-refractivity contribution in [1.82, 2.24) is 9.97 Å². The highest BCUT2D eigenvalue weighted by atomic mass is 19.4. The summed E-state index contributed by atoms with van der Waals surface area (Å²) < 4.78 is 121. The molecule has 1 aromatic heterocycles. The molecule has 3 rings (SSSR count). The standard InChI is InChI=1S/C22H17F9N4O2/c23-20(24,25)13-5-6-16(15(10-13)21(26,27)28)33-18-11-17(34-19(35-18)32-7-2-8-36)12-3-1-4-14(9-12)37-22(29,30)31/h1,3-6,9-11,36H,2,7-8H2,(H2,32,33,34,35). The van der Waals surface area contributed by atoms with Gasteiger partial charge in [0.25, 0.3) is 0 Å². The summed E-state index contributed by atoms with van der Waals surface area (Å²) in [6.45, 7) is -0.0835. The third-order valence-corrected chi connectivity index (χ3v) is 4.62. The second-order valence-electron chi connectivity index (χ2n) is 7.42. The van der Waals surface area contributed by atoms with Crippen molar-refractivity contribution in [3.63, 3.8) is 0 Å². The molecule has 0 bridgehead atoms. The van der Waals surface area contributed by atoms with Crippen molar-refractivity contribution in [3.8, 4) is 17.0 Å². The molecular formula is C22H17F9N4O2. The molecule has 0 atom stereocenters. The lowest BCUT2D eigenvalue weighted by atomic mass is 10.1. The normalized spacial score (nSPS) is 12.4. The Morgan fingerprint density at radius 2 is 1.57 bits per heavy atom. The highest BCUT2D eigenvalue weighted by molar-refractivity contribution is 5.70. The minimum absolute atomic E-state index is 0.0444. The number of aromatic nitrogens is 2. The number of halogens is 9. The van der Waals surface area contributed by atoms with Crippen molar-refractivity contribution in [2.75, 3.05) is 23.8 Å². The van der Waals surface area contributed by atoms with Gasteiger partial charge in [-0.1, -0.05) is 12.1 Å². The van der Waals surface area contributed by atoms with Gasteiger partial charge in [-0.2, -0.15) is 31.3 Å². The molecule has 37 heavy (non-hydrogen) atoms. The highest BCUT2D eigenvalue weighted by Crippen LogP contribution is 2.40. The van der Waals surface area contributed by atoms with Gasteiger partial charge in [0.2, 0.25) is 5.95 Å². The Balaban J connectivity index is 2.05. The van der Waals surface area contributed by atoms with E-state index in [1.807, 2.05) is 0 Å². The molecule has 3 N–H and O–H groups in total. The number of benzene rings is 2. The summed E-state index contributed by atoms with van der Waals surface area (Å²) in [6, 6.07) is 6.67. The number of aliphatic hydroxyl groups is 1. The SMILES string of the molecule is OCCCNc1nc(Nc2ccc(C(F)(F)F)cc2C(F)(F)F)cc(-c2cccc(OC(F)(F)F)c2)n1. The van der Waals surface area contributed by atoms with Crippen LogP contribution in [0.25, 0.3) is 11.3 Å². The van der Waals surface area contributed by atoms with E-state index in [-0.39, 0.29) is 48.7 Å². The topological polar surface area (TPSA) is 79.3 Å². The van der Waals surface area contributed by atoms with Crippen LogP contribution in [0.2, 0.25) is 0 Å². The minimum Gasteiger partial charge on any atom is -0.406 e. The predicted octanol–water partition coefficient (Wildman–Crippen LogP) is 6.62. The molecule has 0 aliphatic heterocycles. The molecule has 0 unspecified atom stereocenters. The smallest absolute Gasteiger partial charge is 0.406 e. The monoisotopic (exact) mass is 540 g/mol. The number of ether oxygens (including phenoxy) is 1. The van der Waals surface area contributed by atoms with Crippen LogP contribution < -0.4 is 15.4 Å². The molecule has 200 valence electrons. The molecule has 1 heterocycles. The van der Waals surface area contributed by atoms with E-state index in [0.29, 0.717) is 12.1 Å². The Morgan fingerprint density at radius 3 is 2.19 bits per heavy atom. The van der Waals surface area contributed by atoms with Crippen molar-refractivity contribution in [2.24, 2.45) is 0 Å². The Hall–Kier alpha value is -3.75. The number of hydrogen-bond donors (Lipinski definition) is 3. The molecule has 6 nitrogen and oxygen atoms in total. The average molecular weight is 540 g/mol. The average Bonchev–Trinajstić information content (AvgIpc) is 2.77. The van der Waals surface area contributed by atoms with E-state index < -0.39 is 41.3 Å². The lowest BCUT2D eigenvalue weighted by Crippen LogP contribution is -2.17. The first-order valence-corrected chi connectivity index (χ1v) is 10.3. The first kappa shape index (κ1) is 27.8. The maximum absolute atomic E-state index is 13.5. The molecular weight excluding hydrogens is 523 g/mol. The van der Waals surface area contributed by atoms with Crippen LogP contribution in [0.1, 0.15) is 17.5 Å². The molecule has 2 aromatic carbocycles. The Bertz CT molecular complexity index is 1230. The summed E-state index contributed by atoms with van der Waals surface area (Å²) in [7, 11) is 0. The lowest BCUT2D eigenvalue weighted by Gasteiger charge is -2.18. The first-order chi connectivity index (χ1) is 17.2. The van der Waals surface area contributed by atoms with E-state index in [1.54, 1.807) is 0 Å². The summed E-state index contributed by atoms with van der Waals surface area (Å²) >= 11 is 0. The number of alkyl halides is 9. The van der Waals surface area contributed by atoms with Crippen LogP contribution in [0.4, 0.5) is 57.0 Å². The number of nitrogens with zero attached hydrogens (tertiary/aromatic N) is 2. The summed E-state index contributed by atoms with van der Waals surface area (Å²) in [5.41, 5.74) is -3.85. The zero-order valence-electron chi connectivity index (χ0n) is 18.4. The van der Waals surface area contributed by atoms with E-state index >= 15 is 0 Å². The van der Waals surface area contributed by atoms with Crippen LogP contribution in [0.15, 0.2) is 48.5 Å². The zero-order valence-corrected chi connectivity index (χ0v) is 18.4. The van der Waals surface area contributed by atoms with Gasteiger partial charge >= 0.3 is 18.7 Å². The van der Waals surface area contributed by atoms with Crippen molar-refractivity contribution in [1.29, 1.82) is 0 Å². The van der Waals surface area contributed by atoms with Gasteiger partial charge in [-0.15, -0.1) is 13.2 Å². The fourth-order valence-electron chi connectivity index (χ4n) is 3.07. The van der Waals surface area contributed by atoms with Crippen molar-refractivity contribution >= 4 is 17.5 Å². The van der Waals surface area contributed by atoms with Gasteiger partial charge < -0.3 is 20.5 Å². The van der Waals surface area contributed by atoms with Crippen LogP contribution in [0.3, 0.4) is 0 Å². The number of hydrogen-bond acceptors (Lipinski definition) is 6. The van der Waals surface area contributed by atoms with Crippen molar-refractivity contribution < 1.29 is 49.4 Å². The van der Waals surface area contributed by atoms with Gasteiger partial charge in [0.15, 0.2) is 0 Å². The molecule has 0 saturated carbocycles. The fourth-order valence-corrected chi connectivity index (χ4v) is 3.07. The Labute approximate surface area is 203 Å². The highest BCUT2D eigenvalue weighted by Gasteiger charge is 2.38. The molecule has 3 aromatic rings. The van der Waals surface area contributed by atoms with Crippen molar-refractivity contribution in [3.05, 3.63) is 59.7 Å². The van der Waals surface area contributed by atoms with E-state index in [1.165, 1.54) is 12.1 Å². The summed E-state index contributed by atoms with van der Waals surface area (Å²) in [5, 5.41) is 14.0. The van der Waals surface area contributed by atoms with Gasteiger partial charge in [-0.25, -0.2) is 4.98 Å². The zero-order chi connectivity index (χ0) is 27.4. The van der Waals surface area contributed by atoms with Crippen LogP contribution in [0.5, 0.6) is 5.75 Å². The molecule has 0 saturated heterocycles. The predicted molar refractivity (Wildman–Crippen MR) is 114 cm³/mol. The van der Waals surface area contributed by atoms with Crippen LogP contribution in [0, 0.1) is 0 Å². The third-order valence-electron chi connectivity index (χ3n) is 4.62. The molecule has 0 radical (unpaired) electrons. The summed E-state index contributed by atoms with van der Waals surface area (Å²) in [6.07, 6.45) is -14.9. The van der Waals surface area contributed by atoms with Gasteiger partial charge in [-0.05, 0) is 36.8 Å². The fraction of sp³-hybridized carbons (Fsp3) is 0.273. The summed E-state index contributed by atoms with van der Waals surface area (Å²) in [4.78, 5) is 8.11. The van der Waals surface area contributed by atoms with Gasteiger partial charge in [0.1, 0.15) is 11.6 Å². The van der Waals surface area contributed by atoms with Crippen LogP contribution >= 0.6 is 0 Å². The Morgan fingerprint density at radius 1 is 0.838 bits per heavy atom. The van der Waals surface area contributed by atoms with Gasteiger partial charge in [-0.3, -0.25) is 0 Å². The first-order valence-electron chi connectivity index (χ1n) is 10.3. The molecule has 0 aliphatic carbocycles. The van der Waals surface area contributed by atoms with E-state index in [2.05, 4.69) is 25.3 Å². The largest absolute Gasteiger partial charge is 0.573 e. The van der Waals surface area contributed by atoms with E-state index in [4.69, 9.17) is 5.11 Å². The van der Waals surface area contributed by atoms with E-state index in [0.717, 1.165) is 18.2 Å². The number of rotatable bonds is 8. The third kappa shape index (κ3) is 7.87. The second kappa shape index (κ2) is 10.7. The molecule has 0 amide bonds. The van der Waals surface area contributed by atoms with E-state index in [9.17, 15) is 39.5 Å². The van der Waals surface area contributed by atoms with Crippen molar-refractivity contribution in [2.45, 2.75) is 25.1 Å². The maximum atomic E-state index is 13.5. The quantitative estimate of drug-likeness (QED) is 0.220. The lowest BCUT2D eigenvalue weighted by molar-refractivity contribution is -0.274. The number of aliphatic hydroxyl groups excluding tert-OH is 1. The van der Waals surface area contributed by atoms with Crippen LogP contribution in [-0.2, 0) is 12.4 Å². The van der Waals surface area contributed by atoms with Gasteiger partial charge in [0.05, 0.1) is 22.5 Å². The molecule has 0 fully saturated rings. The maximum Gasteiger partial charge on any atom is 0.573 e. The van der Waals surface area contributed by atoms with Crippen LogP contribution in [-0.4, -0.2) is 34.6 Å². The number of nitrogens with one attached hydrogen (secondary N) is 2. The summed E-state index contributed by atoms with van der Waals surface area (Å²) in [5.74, 6) is -1.06. The Kier molecular flexibility index (Phi) is 8.05. The van der Waals surface area contributed by atoms with Gasteiger partial charge in [0, 0.05) is 24.8 Å². The molecule has 0 spiro atoms.